The van der Waals surface area contributed by atoms with Crippen molar-refractivity contribution in [3.05, 3.63) is 59.3 Å². The zero-order valence-electron chi connectivity index (χ0n) is 17.0. The third kappa shape index (κ3) is 4.78. The number of H-pyrrole nitrogens is 1. The molecule has 0 saturated carbocycles. The Morgan fingerprint density at radius 1 is 1.24 bits per heavy atom. The van der Waals surface area contributed by atoms with Gasteiger partial charge in [0.2, 0.25) is 0 Å². The molecule has 150 valence electrons. The topological polar surface area (TPSA) is 75.2 Å². The number of nitrogens with one attached hydrogen (secondary N) is 1. The number of fused-ring (bicyclic) bond motifs is 1. The molecule has 3 aromatic rings. The smallest absolute Gasteiger partial charge is 0.304 e. The SMILES string of the molecule is CC#CC(CC(=O)O)c1ccc(O[C@@H](CCC)c2ccc3cn[nH]c3c2C)cc1. The van der Waals surface area contributed by atoms with Gasteiger partial charge >= 0.3 is 5.97 Å². The van der Waals surface area contributed by atoms with E-state index in [-0.39, 0.29) is 18.4 Å². The largest absolute Gasteiger partial charge is 0.486 e. The van der Waals surface area contributed by atoms with Gasteiger partial charge < -0.3 is 9.84 Å². The number of carboxylic acid groups (broad SMARTS) is 1. The predicted octanol–water partition coefficient (Wildman–Crippen LogP) is 5.37. The molecule has 29 heavy (non-hydrogen) atoms. The van der Waals surface area contributed by atoms with E-state index in [4.69, 9.17) is 9.84 Å². The van der Waals surface area contributed by atoms with Crippen LogP contribution in [0.15, 0.2) is 42.6 Å². The third-order valence-corrected chi connectivity index (χ3v) is 5.07. The number of hydrogen-bond donors (Lipinski definition) is 2. The standard InChI is InChI=1S/C24H26N2O3/c1-4-6-18(14-23(27)28)17-8-11-20(12-9-17)29-22(7-5-2)21-13-10-19-15-25-26-24(19)16(21)3/h8-13,15,18,22H,5,7,14H2,1-3H3,(H,25,26)(H,27,28)/t18?,22-/m0/s1. The molecule has 0 saturated heterocycles. The van der Waals surface area contributed by atoms with Crippen molar-refractivity contribution in [1.29, 1.82) is 0 Å². The Balaban J connectivity index is 1.84. The third-order valence-electron chi connectivity index (χ3n) is 5.07. The molecule has 1 unspecified atom stereocenters. The number of carboxylic acids is 1. The number of aryl methyl sites for hydroxylation is 1. The Morgan fingerprint density at radius 3 is 2.66 bits per heavy atom. The van der Waals surface area contributed by atoms with Crippen molar-refractivity contribution in [2.24, 2.45) is 0 Å². The molecule has 5 nitrogen and oxygen atoms in total. The molecule has 2 N–H and O–H groups in total. The monoisotopic (exact) mass is 390 g/mol. The molecule has 0 fully saturated rings. The second-order valence-electron chi connectivity index (χ2n) is 7.12. The summed E-state index contributed by atoms with van der Waals surface area (Å²) < 4.78 is 6.34. The lowest BCUT2D eigenvalue weighted by Crippen LogP contribution is -2.10. The van der Waals surface area contributed by atoms with Crippen molar-refractivity contribution in [1.82, 2.24) is 10.2 Å². The first-order chi connectivity index (χ1) is 14.0. The second-order valence-corrected chi connectivity index (χ2v) is 7.12. The van der Waals surface area contributed by atoms with E-state index in [0.717, 1.165) is 46.2 Å². The zero-order chi connectivity index (χ0) is 20.8. The highest BCUT2D eigenvalue weighted by atomic mass is 16.5. The lowest BCUT2D eigenvalue weighted by atomic mass is 9.96. The molecular formula is C24H26N2O3. The van der Waals surface area contributed by atoms with Crippen molar-refractivity contribution in [2.75, 3.05) is 0 Å². The van der Waals surface area contributed by atoms with Gasteiger partial charge in [0.15, 0.2) is 0 Å². The Labute approximate surface area is 171 Å². The molecule has 0 amide bonds. The van der Waals surface area contributed by atoms with Crippen molar-refractivity contribution >= 4 is 16.9 Å². The van der Waals surface area contributed by atoms with Crippen LogP contribution in [0.4, 0.5) is 0 Å². The average Bonchev–Trinajstić information content (AvgIpc) is 3.18. The molecule has 2 atom stereocenters. The van der Waals surface area contributed by atoms with Crippen LogP contribution in [0.5, 0.6) is 5.75 Å². The van der Waals surface area contributed by atoms with Crippen LogP contribution in [0, 0.1) is 18.8 Å². The molecule has 0 bridgehead atoms. The number of aromatic amines is 1. The maximum absolute atomic E-state index is 11.1. The summed E-state index contributed by atoms with van der Waals surface area (Å²) in [6.07, 6.45) is 3.64. The zero-order valence-corrected chi connectivity index (χ0v) is 17.0. The minimum Gasteiger partial charge on any atom is -0.486 e. The van der Waals surface area contributed by atoms with E-state index in [0.29, 0.717) is 0 Å². The maximum Gasteiger partial charge on any atom is 0.304 e. The number of aromatic nitrogens is 2. The summed E-state index contributed by atoms with van der Waals surface area (Å²) in [7, 11) is 0. The second kappa shape index (κ2) is 9.29. The molecule has 2 aromatic carbocycles. The van der Waals surface area contributed by atoms with Crippen LogP contribution >= 0.6 is 0 Å². The van der Waals surface area contributed by atoms with Gasteiger partial charge in [-0.05, 0) is 49.1 Å². The maximum atomic E-state index is 11.1. The van der Waals surface area contributed by atoms with Crippen molar-refractivity contribution < 1.29 is 14.6 Å². The van der Waals surface area contributed by atoms with Crippen LogP contribution < -0.4 is 4.74 Å². The number of benzene rings is 2. The first kappa shape index (κ1) is 20.5. The van der Waals surface area contributed by atoms with Gasteiger partial charge in [0, 0.05) is 5.39 Å². The summed E-state index contributed by atoms with van der Waals surface area (Å²) >= 11 is 0. The average molecular weight is 390 g/mol. The normalized spacial score (nSPS) is 12.8. The molecule has 0 spiro atoms. The van der Waals surface area contributed by atoms with Crippen LogP contribution in [0.25, 0.3) is 10.9 Å². The van der Waals surface area contributed by atoms with Gasteiger partial charge in [0.25, 0.3) is 0 Å². The van der Waals surface area contributed by atoms with Crippen molar-refractivity contribution in [3.63, 3.8) is 0 Å². The van der Waals surface area contributed by atoms with E-state index in [1.807, 2.05) is 30.5 Å². The van der Waals surface area contributed by atoms with Crippen molar-refractivity contribution in [2.45, 2.75) is 52.1 Å². The van der Waals surface area contributed by atoms with E-state index in [1.165, 1.54) is 0 Å². The summed E-state index contributed by atoms with van der Waals surface area (Å²) in [4.78, 5) is 11.1. The molecule has 0 aliphatic heterocycles. The molecule has 1 heterocycles. The highest BCUT2D eigenvalue weighted by Gasteiger charge is 2.18. The molecule has 0 aliphatic rings. The highest BCUT2D eigenvalue weighted by Crippen LogP contribution is 2.32. The van der Waals surface area contributed by atoms with E-state index in [2.05, 4.69) is 48.0 Å². The summed E-state index contributed by atoms with van der Waals surface area (Å²) in [6, 6.07) is 11.8. The Hall–Kier alpha value is -3.26. The number of hydrogen-bond acceptors (Lipinski definition) is 3. The van der Waals surface area contributed by atoms with Crippen LogP contribution in [-0.2, 0) is 4.79 Å². The fourth-order valence-corrected chi connectivity index (χ4v) is 3.60. The fourth-order valence-electron chi connectivity index (χ4n) is 3.60. The summed E-state index contributed by atoms with van der Waals surface area (Å²) in [5.41, 5.74) is 4.22. The number of aliphatic carboxylic acids is 1. The number of rotatable bonds is 8. The van der Waals surface area contributed by atoms with Gasteiger partial charge in [-0.1, -0.05) is 43.5 Å². The van der Waals surface area contributed by atoms with E-state index >= 15 is 0 Å². The summed E-state index contributed by atoms with van der Waals surface area (Å²) in [5, 5.41) is 17.4. The first-order valence-electron chi connectivity index (χ1n) is 9.86. The minimum atomic E-state index is -0.856. The molecule has 0 radical (unpaired) electrons. The van der Waals surface area contributed by atoms with Crippen LogP contribution in [0.1, 0.15) is 61.8 Å². The van der Waals surface area contributed by atoms with Crippen LogP contribution in [0.3, 0.4) is 0 Å². The Kier molecular flexibility index (Phi) is 6.56. The van der Waals surface area contributed by atoms with Crippen molar-refractivity contribution in [3.8, 4) is 17.6 Å². The van der Waals surface area contributed by atoms with Gasteiger partial charge in [0.05, 0.1) is 24.1 Å². The van der Waals surface area contributed by atoms with Gasteiger partial charge in [-0.3, -0.25) is 9.89 Å². The minimum absolute atomic E-state index is 0.0110. The summed E-state index contributed by atoms with van der Waals surface area (Å²) in [6.45, 7) is 5.95. The predicted molar refractivity (Wildman–Crippen MR) is 114 cm³/mol. The van der Waals surface area contributed by atoms with E-state index < -0.39 is 5.97 Å². The Morgan fingerprint density at radius 2 is 2.00 bits per heavy atom. The number of ether oxygens (including phenoxy) is 1. The molecular weight excluding hydrogens is 364 g/mol. The van der Waals surface area contributed by atoms with Gasteiger partial charge in [-0.15, -0.1) is 5.92 Å². The van der Waals surface area contributed by atoms with Gasteiger partial charge in [-0.2, -0.15) is 5.10 Å². The van der Waals surface area contributed by atoms with Crippen LogP contribution in [-0.4, -0.2) is 21.3 Å². The highest BCUT2D eigenvalue weighted by molar-refractivity contribution is 5.82. The van der Waals surface area contributed by atoms with E-state index in [9.17, 15) is 4.79 Å². The van der Waals surface area contributed by atoms with Crippen LogP contribution in [0.2, 0.25) is 0 Å². The lowest BCUT2D eigenvalue weighted by Gasteiger charge is -2.21. The quantitative estimate of drug-likeness (QED) is 0.507. The first-order valence-corrected chi connectivity index (χ1v) is 9.86. The molecule has 3 rings (SSSR count). The molecule has 5 heteroatoms. The molecule has 0 aliphatic carbocycles. The molecule has 1 aromatic heterocycles. The Bertz CT molecular complexity index is 1040. The number of carbonyl (C=O) groups is 1. The fraction of sp³-hybridized carbons (Fsp3) is 0.333. The van der Waals surface area contributed by atoms with E-state index in [1.54, 1.807) is 6.92 Å². The van der Waals surface area contributed by atoms with Gasteiger partial charge in [-0.25, -0.2) is 0 Å². The number of nitrogens with zero attached hydrogens (tertiary/aromatic N) is 1. The summed E-state index contributed by atoms with van der Waals surface area (Å²) in [5.74, 6) is 5.39. The van der Waals surface area contributed by atoms with Gasteiger partial charge in [0.1, 0.15) is 11.9 Å². The lowest BCUT2D eigenvalue weighted by molar-refractivity contribution is -0.137.